The molecular formula is C13H20N4O3. The van der Waals surface area contributed by atoms with Gasteiger partial charge in [0.05, 0.1) is 18.3 Å². The number of nitrogens with two attached hydrogens (primary N) is 1. The summed E-state index contributed by atoms with van der Waals surface area (Å²) in [5, 5.41) is 7.90. The Kier molecular flexibility index (Phi) is 4.20. The van der Waals surface area contributed by atoms with Crippen LogP contribution in [0.5, 0.6) is 0 Å². The summed E-state index contributed by atoms with van der Waals surface area (Å²) in [5.74, 6) is 0.121. The highest BCUT2D eigenvalue weighted by molar-refractivity contribution is 5.90. The Morgan fingerprint density at radius 1 is 1.55 bits per heavy atom. The van der Waals surface area contributed by atoms with Crippen molar-refractivity contribution in [2.75, 3.05) is 31.7 Å². The van der Waals surface area contributed by atoms with Crippen LogP contribution < -0.4 is 10.6 Å². The van der Waals surface area contributed by atoms with Crippen LogP contribution in [-0.2, 0) is 9.47 Å². The average Bonchev–Trinajstić information content (AvgIpc) is 2.37. The van der Waals surface area contributed by atoms with Gasteiger partial charge in [-0.25, -0.2) is 0 Å². The first-order chi connectivity index (χ1) is 9.41. The number of nitrogens with zero attached hydrogens (tertiary/aromatic N) is 3. The molecule has 0 aliphatic carbocycles. The summed E-state index contributed by atoms with van der Waals surface area (Å²) >= 11 is 0. The van der Waals surface area contributed by atoms with Crippen molar-refractivity contribution in [3.8, 4) is 0 Å². The second-order valence-corrected chi connectivity index (χ2v) is 5.48. The molecule has 7 nitrogen and oxygen atoms in total. The van der Waals surface area contributed by atoms with Gasteiger partial charge in [-0.2, -0.15) is 0 Å². The van der Waals surface area contributed by atoms with E-state index < -0.39 is 5.91 Å². The van der Waals surface area contributed by atoms with E-state index in [2.05, 4.69) is 15.1 Å². The van der Waals surface area contributed by atoms with E-state index in [0.29, 0.717) is 25.5 Å². The molecule has 0 aromatic carbocycles. The third kappa shape index (κ3) is 3.43. The van der Waals surface area contributed by atoms with Gasteiger partial charge >= 0.3 is 0 Å². The minimum Gasteiger partial charge on any atom is -0.382 e. The first kappa shape index (κ1) is 14.7. The predicted octanol–water partition coefficient (Wildman–Crippen LogP) is 0.206. The molecule has 1 aliphatic rings. The molecule has 1 aliphatic heterocycles. The van der Waals surface area contributed by atoms with Gasteiger partial charge < -0.3 is 20.1 Å². The van der Waals surface area contributed by atoms with Crippen molar-refractivity contribution in [1.82, 2.24) is 10.2 Å². The molecule has 0 spiro atoms. The van der Waals surface area contributed by atoms with Crippen LogP contribution in [0.2, 0.25) is 0 Å². The quantitative estimate of drug-likeness (QED) is 0.847. The van der Waals surface area contributed by atoms with Gasteiger partial charge in [-0.1, -0.05) is 0 Å². The normalized spacial score (nSPS) is 21.8. The molecule has 0 bridgehead atoms. The summed E-state index contributed by atoms with van der Waals surface area (Å²) in [6.07, 6.45) is -0.0265. The zero-order valence-corrected chi connectivity index (χ0v) is 12.0. The molecule has 1 fully saturated rings. The minimum atomic E-state index is -0.580. The summed E-state index contributed by atoms with van der Waals surface area (Å²) in [6, 6.07) is 3.33. The SMILES string of the molecule is COCC1CN(c2ccc(C(N)=O)nn2)CC(C)(C)O1. The van der Waals surface area contributed by atoms with Crippen LogP contribution in [0.4, 0.5) is 5.82 Å². The Bertz CT molecular complexity index is 475. The number of rotatable bonds is 4. The molecule has 1 unspecified atom stereocenters. The maximum absolute atomic E-state index is 11.0. The fourth-order valence-electron chi connectivity index (χ4n) is 2.37. The van der Waals surface area contributed by atoms with E-state index in [1.54, 1.807) is 19.2 Å². The minimum absolute atomic E-state index is 0.0265. The number of methoxy groups -OCH3 is 1. The van der Waals surface area contributed by atoms with Gasteiger partial charge in [-0.15, -0.1) is 10.2 Å². The molecule has 2 N–H and O–H groups in total. The standard InChI is InChI=1S/C13H20N4O3/c1-13(2)8-17(6-9(20-13)7-19-3)11-5-4-10(12(14)18)15-16-11/h4-5,9H,6-8H2,1-3H3,(H2,14,18). The van der Waals surface area contributed by atoms with Gasteiger partial charge in [0.1, 0.15) is 0 Å². The van der Waals surface area contributed by atoms with Crippen LogP contribution in [0.15, 0.2) is 12.1 Å². The Morgan fingerprint density at radius 2 is 2.30 bits per heavy atom. The summed E-state index contributed by atoms with van der Waals surface area (Å²) in [4.78, 5) is 13.1. The second-order valence-electron chi connectivity index (χ2n) is 5.48. The van der Waals surface area contributed by atoms with Crippen LogP contribution in [0, 0.1) is 0 Å². The number of aromatic nitrogens is 2. The Morgan fingerprint density at radius 3 is 2.85 bits per heavy atom. The lowest BCUT2D eigenvalue weighted by atomic mass is 10.1. The van der Waals surface area contributed by atoms with Crippen LogP contribution in [0.25, 0.3) is 0 Å². The van der Waals surface area contributed by atoms with E-state index in [0.717, 1.165) is 0 Å². The third-order valence-electron chi connectivity index (χ3n) is 3.06. The van der Waals surface area contributed by atoms with Crippen LogP contribution in [0.3, 0.4) is 0 Å². The van der Waals surface area contributed by atoms with E-state index in [9.17, 15) is 4.79 Å². The summed E-state index contributed by atoms with van der Waals surface area (Å²) in [7, 11) is 1.65. The molecule has 110 valence electrons. The summed E-state index contributed by atoms with van der Waals surface area (Å²) in [6.45, 7) is 5.92. The molecule has 20 heavy (non-hydrogen) atoms. The van der Waals surface area contributed by atoms with E-state index in [1.807, 2.05) is 13.8 Å². The topological polar surface area (TPSA) is 90.6 Å². The molecule has 7 heteroatoms. The largest absolute Gasteiger partial charge is 0.382 e. The van der Waals surface area contributed by atoms with E-state index >= 15 is 0 Å². The highest BCUT2D eigenvalue weighted by Gasteiger charge is 2.34. The van der Waals surface area contributed by atoms with Crippen molar-refractivity contribution < 1.29 is 14.3 Å². The zero-order chi connectivity index (χ0) is 14.8. The third-order valence-corrected chi connectivity index (χ3v) is 3.06. The van der Waals surface area contributed by atoms with Crippen molar-refractivity contribution >= 4 is 11.7 Å². The number of hydrogen-bond acceptors (Lipinski definition) is 6. The lowest BCUT2D eigenvalue weighted by Gasteiger charge is -2.43. The van der Waals surface area contributed by atoms with E-state index in [1.165, 1.54) is 0 Å². The lowest BCUT2D eigenvalue weighted by Crippen LogP contribution is -2.54. The fraction of sp³-hybridized carbons (Fsp3) is 0.615. The number of hydrogen-bond donors (Lipinski definition) is 1. The highest BCUT2D eigenvalue weighted by atomic mass is 16.5. The van der Waals surface area contributed by atoms with Crippen LogP contribution in [0.1, 0.15) is 24.3 Å². The molecule has 0 saturated carbocycles. The number of primary amides is 1. The fourth-order valence-corrected chi connectivity index (χ4v) is 2.37. The monoisotopic (exact) mass is 280 g/mol. The number of carbonyl (C=O) groups is 1. The van der Waals surface area contributed by atoms with Crippen molar-refractivity contribution in [3.63, 3.8) is 0 Å². The molecule has 1 atom stereocenters. The average molecular weight is 280 g/mol. The maximum Gasteiger partial charge on any atom is 0.269 e. The Hall–Kier alpha value is -1.73. The molecule has 1 aromatic heterocycles. The lowest BCUT2D eigenvalue weighted by molar-refractivity contribution is -0.106. The Balaban J connectivity index is 2.15. The molecular weight excluding hydrogens is 260 g/mol. The van der Waals surface area contributed by atoms with Crippen LogP contribution >= 0.6 is 0 Å². The van der Waals surface area contributed by atoms with Gasteiger partial charge in [-0.3, -0.25) is 4.79 Å². The predicted molar refractivity (Wildman–Crippen MR) is 73.6 cm³/mol. The molecule has 1 aromatic rings. The smallest absolute Gasteiger partial charge is 0.269 e. The van der Waals surface area contributed by atoms with Crippen molar-refractivity contribution in [2.45, 2.75) is 25.6 Å². The van der Waals surface area contributed by atoms with Gasteiger partial charge in [-0.05, 0) is 26.0 Å². The van der Waals surface area contributed by atoms with E-state index in [-0.39, 0.29) is 17.4 Å². The first-order valence-corrected chi connectivity index (χ1v) is 6.46. The number of carbonyl (C=O) groups excluding carboxylic acids is 1. The van der Waals surface area contributed by atoms with Crippen molar-refractivity contribution in [1.29, 1.82) is 0 Å². The van der Waals surface area contributed by atoms with Gasteiger partial charge in [0, 0.05) is 20.2 Å². The molecule has 1 saturated heterocycles. The van der Waals surface area contributed by atoms with Gasteiger partial charge in [0.15, 0.2) is 11.5 Å². The number of amides is 1. The molecule has 1 amide bonds. The molecule has 2 heterocycles. The zero-order valence-electron chi connectivity index (χ0n) is 12.0. The Labute approximate surface area is 118 Å². The first-order valence-electron chi connectivity index (χ1n) is 6.46. The van der Waals surface area contributed by atoms with Crippen molar-refractivity contribution in [2.24, 2.45) is 5.73 Å². The number of ether oxygens (including phenoxy) is 2. The number of morpholine rings is 1. The van der Waals surface area contributed by atoms with E-state index in [4.69, 9.17) is 15.2 Å². The molecule has 0 radical (unpaired) electrons. The highest BCUT2D eigenvalue weighted by Crippen LogP contribution is 2.24. The maximum atomic E-state index is 11.0. The molecule has 2 rings (SSSR count). The van der Waals surface area contributed by atoms with Crippen molar-refractivity contribution in [3.05, 3.63) is 17.8 Å². The number of anilines is 1. The van der Waals surface area contributed by atoms with Gasteiger partial charge in [0.25, 0.3) is 5.91 Å². The second kappa shape index (κ2) is 5.72. The van der Waals surface area contributed by atoms with Crippen LogP contribution in [-0.4, -0.2) is 54.6 Å². The summed E-state index contributed by atoms with van der Waals surface area (Å²) < 4.78 is 11.1. The van der Waals surface area contributed by atoms with Gasteiger partial charge in [0.2, 0.25) is 0 Å². The summed E-state index contributed by atoms with van der Waals surface area (Å²) in [5.41, 5.74) is 5.02.